The summed E-state index contributed by atoms with van der Waals surface area (Å²) < 4.78 is 0. The summed E-state index contributed by atoms with van der Waals surface area (Å²) in [6.07, 6.45) is 0. The minimum absolute atomic E-state index is 0.203. The molecule has 4 heteroatoms. The summed E-state index contributed by atoms with van der Waals surface area (Å²) in [5.41, 5.74) is 7.64. The van der Waals surface area contributed by atoms with Gasteiger partial charge in [0, 0.05) is 11.6 Å². The molecule has 0 aliphatic carbocycles. The maximum absolute atomic E-state index is 11.9. The lowest BCUT2D eigenvalue weighted by molar-refractivity contribution is -0.122. The van der Waals surface area contributed by atoms with E-state index in [1.54, 1.807) is 6.07 Å². The molecule has 3 N–H and O–H groups in total. The van der Waals surface area contributed by atoms with Gasteiger partial charge in [-0.2, -0.15) is 0 Å². The second-order valence-electron chi connectivity index (χ2n) is 4.24. The van der Waals surface area contributed by atoms with Crippen molar-refractivity contribution >= 4 is 17.5 Å². The summed E-state index contributed by atoms with van der Waals surface area (Å²) >= 11 is 5.88. The number of hydrogen-bond donors (Lipinski definition) is 2. The Morgan fingerprint density at radius 3 is 2.58 bits per heavy atom. The predicted molar refractivity (Wildman–Crippen MR) is 76.7 cm³/mol. The molecule has 98 valence electrons. The van der Waals surface area contributed by atoms with E-state index in [0.717, 1.165) is 11.1 Å². The second-order valence-corrected chi connectivity index (χ2v) is 4.67. The molecule has 0 aliphatic heterocycles. The Morgan fingerprint density at radius 1 is 1.16 bits per heavy atom. The number of rotatable bonds is 4. The number of nitrogens with two attached hydrogens (primary N) is 1. The van der Waals surface area contributed by atoms with Gasteiger partial charge in [-0.05, 0) is 23.3 Å². The summed E-state index contributed by atoms with van der Waals surface area (Å²) in [6, 6.07) is 16.0. The van der Waals surface area contributed by atoms with E-state index in [-0.39, 0.29) is 5.91 Å². The minimum atomic E-state index is -0.652. The van der Waals surface area contributed by atoms with Gasteiger partial charge in [-0.1, -0.05) is 54.1 Å². The van der Waals surface area contributed by atoms with Crippen molar-refractivity contribution in [2.75, 3.05) is 0 Å². The fraction of sp³-hybridized carbons (Fsp3) is 0.133. The minimum Gasteiger partial charge on any atom is -0.350 e. The summed E-state index contributed by atoms with van der Waals surface area (Å²) in [5, 5.41) is 3.45. The normalized spacial score (nSPS) is 11.9. The number of amides is 1. The lowest BCUT2D eigenvalue weighted by Crippen LogP contribution is -2.33. The van der Waals surface area contributed by atoms with Gasteiger partial charge in [0.25, 0.3) is 0 Å². The molecule has 3 nitrogen and oxygen atoms in total. The van der Waals surface area contributed by atoms with E-state index in [2.05, 4.69) is 5.32 Å². The van der Waals surface area contributed by atoms with Crippen molar-refractivity contribution in [3.63, 3.8) is 0 Å². The lowest BCUT2D eigenvalue weighted by Gasteiger charge is -2.12. The van der Waals surface area contributed by atoms with Crippen molar-refractivity contribution in [2.24, 2.45) is 5.73 Å². The summed E-state index contributed by atoms with van der Waals surface area (Å²) in [5.74, 6) is -0.203. The third kappa shape index (κ3) is 3.81. The van der Waals surface area contributed by atoms with Crippen LogP contribution in [0.2, 0.25) is 5.02 Å². The Bertz CT molecular complexity index is 557. The Hall–Kier alpha value is -1.84. The average molecular weight is 275 g/mol. The van der Waals surface area contributed by atoms with Gasteiger partial charge in [0.15, 0.2) is 0 Å². The van der Waals surface area contributed by atoms with Crippen molar-refractivity contribution in [1.29, 1.82) is 0 Å². The molecular weight excluding hydrogens is 260 g/mol. The van der Waals surface area contributed by atoms with E-state index in [9.17, 15) is 4.79 Å². The zero-order chi connectivity index (χ0) is 13.7. The summed E-state index contributed by atoms with van der Waals surface area (Å²) in [7, 11) is 0. The number of nitrogens with one attached hydrogen (secondary N) is 1. The van der Waals surface area contributed by atoms with Crippen LogP contribution in [-0.2, 0) is 11.3 Å². The van der Waals surface area contributed by atoms with Crippen LogP contribution in [0.25, 0.3) is 0 Å². The molecule has 19 heavy (non-hydrogen) atoms. The van der Waals surface area contributed by atoms with Gasteiger partial charge in [0.2, 0.25) is 5.91 Å². The van der Waals surface area contributed by atoms with Crippen molar-refractivity contribution in [3.8, 4) is 0 Å². The molecule has 1 atom stereocenters. The number of benzene rings is 2. The molecule has 2 rings (SSSR count). The van der Waals surface area contributed by atoms with Crippen LogP contribution in [0.3, 0.4) is 0 Å². The van der Waals surface area contributed by atoms with Crippen LogP contribution < -0.4 is 11.1 Å². The number of hydrogen-bond acceptors (Lipinski definition) is 2. The van der Waals surface area contributed by atoms with E-state index < -0.39 is 6.04 Å². The van der Waals surface area contributed by atoms with E-state index in [4.69, 9.17) is 17.3 Å². The molecule has 0 fully saturated rings. The SMILES string of the molecule is N[C@@H](C(=O)NCc1cccc(Cl)c1)c1ccccc1. The fourth-order valence-corrected chi connectivity index (χ4v) is 1.97. The van der Waals surface area contributed by atoms with E-state index in [0.29, 0.717) is 11.6 Å². The van der Waals surface area contributed by atoms with E-state index in [1.165, 1.54) is 0 Å². The molecule has 0 spiro atoms. The van der Waals surface area contributed by atoms with Gasteiger partial charge >= 0.3 is 0 Å². The number of carbonyl (C=O) groups excluding carboxylic acids is 1. The van der Waals surface area contributed by atoms with Crippen LogP contribution >= 0.6 is 11.6 Å². The van der Waals surface area contributed by atoms with Crippen LogP contribution in [0.4, 0.5) is 0 Å². The van der Waals surface area contributed by atoms with Crippen LogP contribution in [0, 0.1) is 0 Å². The summed E-state index contributed by atoms with van der Waals surface area (Å²) in [4.78, 5) is 11.9. The van der Waals surface area contributed by atoms with Crippen LogP contribution in [0.15, 0.2) is 54.6 Å². The predicted octanol–water partition coefficient (Wildman–Crippen LogP) is 2.66. The first-order valence-corrected chi connectivity index (χ1v) is 6.37. The molecular formula is C15H15ClN2O. The average Bonchev–Trinajstić information content (AvgIpc) is 2.45. The highest BCUT2D eigenvalue weighted by Crippen LogP contribution is 2.12. The van der Waals surface area contributed by atoms with Gasteiger partial charge < -0.3 is 11.1 Å². The molecule has 0 saturated carbocycles. The third-order valence-electron chi connectivity index (χ3n) is 2.80. The number of halogens is 1. The second kappa shape index (κ2) is 6.36. The van der Waals surface area contributed by atoms with Gasteiger partial charge in [-0.15, -0.1) is 0 Å². The van der Waals surface area contributed by atoms with Crippen LogP contribution in [0.5, 0.6) is 0 Å². The molecule has 1 amide bonds. The van der Waals surface area contributed by atoms with Gasteiger partial charge in [0.1, 0.15) is 6.04 Å². The van der Waals surface area contributed by atoms with Crippen molar-refractivity contribution in [3.05, 3.63) is 70.7 Å². The lowest BCUT2D eigenvalue weighted by atomic mass is 10.1. The first-order chi connectivity index (χ1) is 9.16. The Kier molecular flexibility index (Phi) is 4.55. The van der Waals surface area contributed by atoms with E-state index >= 15 is 0 Å². The highest BCUT2D eigenvalue weighted by molar-refractivity contribution is 6.30. The molecule has 0 radical (unpaired) electrons. The fourth-order valence-electron chi connectivity index (χ4n) is 1.76. The molecule has 2 aromatic rings. The quantitative estimate of drug-likeness (QED) is 0.901. The Morgan fingerprint density at radius 2 is 1.89 bits per heavy atom. The molecule has 0 aromatic heterocycles. The van der Waals surface area contributed by atoms with Gasteiger partial charge in [-0.3, -0.25) is 4.79 Å². The number of carbonyl (C=O) groups is 1. The van der Waals surface area contributed by atoms with E-state index in [1.807, 2.05) is 48.5 Å². The standard InChI is InChI=1S/C15H15ClN2O/c16-13-8-4-5-11(9-13)10-18-15(19)14(17)12-6-2-1-3-7-12/h1-9,14H,10,17H2,(H,18,19)/t14-/m1/s1. The highest BCUT2D eigenvalue weighted by atomic mass is 35.5. The zero-order valence-corrected chi connectivity index (χ0v) is 11.1. The Balaban J connectivity index is 1.95. The monoisotopic (exact) mass is 274 g/mol. The first-order valence-electron chi connectivity index (χ1n) is 5.99. The maximum atomic E-state index is 11.9. The molecule has 2 aromatic carbocycles. The first kappa shape index (κ1) is 13.6. The van der Waals surface area contributed by atoms with Crippen molar-refractivity contribution in [2.45, 2.75) is 12.6 Å². The maximum Gasteiger partial charge on any atom is 0.241 e. The highest BCUT2D eigenvalue weighted by Gasteiger charge is 2.14. The molecule has 0 aliphatic rings. The van der Waals surface area contributed by atoms with Crippen molar-refractivity contribution in [1.82, 2.24) is 5.32 Å². The topological polar surface area (TPSA) is 55.1 Å². The Labute approximate surface area is 117 Å². The van der Waals surface area contributed by atoms with Gasteiger partial charge in [0.05, 0.1) is 0 Å². The zero-order valence-electron chi connectivity index (χ0n) is 10.3. The third-order valence-corrected chi connectivity index (χ3v) is 3.03. The van der Waals surface area contributed by atoms with Crippen molar-refractivity contribution < 1.29 is 4.79 Å². The molecule has 0 saturated heterocycles. The smallest absolute Gasteiger partial charge is 0.241 e. The van der Waals surface area contributed by atoms with Crippen LogP contribution in [0.1, 0.15) is 17.2 Å². The largest absolute Gasteiger partial charge is 0.350 e. The molecule has 0 bridgehead atoms. The van der Waals surface area contributed by atoms with Gasteiger partial charge in [-0.25, -0.2) is 0 Å². The molecule has 0 heterocycles. The van der Waals surface area contributed by atoms with Crippen LogP contribution in [-0.4, -0.2) is 5.91 Å². The summed E-state index contributed by atoms with van der Waals surface area (Å²) in [6.45, 7) is 0.417. The molecule has 0 unspecified atom stereocenters.